The molecule has 2 amide bonds. The lowest BCUT2D eigenvalue weighted by molar-refractivity contribution is -0.149. The SMILES string of the molecule is COCCCOc1cc(CN(C(=O)[C@H]2CN(C(=O)O)CCO2)C2CC2)nc2ccccc12. The van der Waals surface area contributed by atoms with Gasteiger partial charge >= 0.3 is 6.09 Å². The monoisotopic (exact) mass is 443 g/mol. The number of methoxy groups -OCH3 is 1. The number of carbonyl (C=O) groups excluding carboxylic acids is 1. The van der Waals surface area contributed by atoms with Crippen LogP contribution in [0.2, 0.25) is 0 Å². The van der Waals surface area contributed by atoms with Gasteiger partial charge in [0, 0.05) is 44.2 Å². The Labute approximate surface area is 186 Å². The molecule has 0 unspecified atom stereocenters. The number of para-hydroxylation sites is 1. The Morgan fingerprint density at radius 2 is 2.09 bits per heavy atom. The molecule has 1 N–H and O–H groups in total. The van der Waals surface area contributed by atoms with Crippen molar-refractivity contribution in [1.82, 2.24) is 14.8 Å². The molecule has 9 nitrogen and oxygen atoms in total. The van der Waals surface area contributed by atoms with Gasteiger partial charge in [-0.2, -0.15) is 0 Å². The second kappa shape index (κ2) is 10.1. The number of aromatic nitrogens is 1. The van der Waals surface area contributed by atoms with Gasteiger partial charge in [0.15, 0.2) is 6.10 Å². The Morgan fingerprint density at radius 3 is 2.84 bits per heavy atom. The maximum absolute atomic E-state index is 13.3. The molecule has 0 radical (unpaired) electrons. The summed E-state index contributed by atoms with van der Waals surface area (Å²) in [7, 11) is 1.66. The lowest BCUT2D eigenvalue weighted by atomic mass is 10.1. The van der Waals surface area contributed by atoms with E-state index in [1.807, 2.05) is 30.3 Å². The molecule has 1 saturated heterocycles. The number of nitrogens with zero attached hydrogens (tertiary/aromatic N) is 3. The fraction of sp³-hybridized carbons (Fsp3) is 0.522. The molecule has 172 valence electrons. The number of ether oxygens (including phenoxy) is 3. The van der Waals surface area contributed by atoms with E-state index < -0.39 is 12.2 Å². The van der Waals surface area contributed by atoms with E-state index in [0.717, 1.165) is 41.6 Å². The Bertz CT molecular complexity index is 964. The van der Waals surface area contributed by atoms with Crippen LogP contribution in [0.25, 0.3) is 10.9 Å². The van der Waals surface area contributed by atoms with Crippen molar-refractivity contribution in [2.45, 2.75) is 38.0 Å². The molecule has 2 fully saturated rings. The van der Waals surface area contributed by atoms with Gasteiger partial charge in [0.05, 0.1) is 37.5 Å². The van der Waals surface area contributed by atoms with E-state index in [1.165, 1.54) is 4.90 Å². The molecule has 32 heavy (non-hydrogen) atoms. The lowest BCUT2D eigenvalue weighted by Crippen LogP contribution is -2.52. The van der Waals surface area contributed by atoms with Gasteiger partial charge in [0.1, 0.15) is 5.75 Å². The van der Waals surface area contributed by atoms with Crippen LogP contribution in [0.1, 0.15) is 25.0 Å². The van der Waals surface area contributed by atoms with E-state index in [2.05, 4.69) is 0 Å². The second-order valence-corrected chi connectivity index (χ2v) is 8.11. The van der Waals surface area contributed by atoms with Gasteiger partial charge in [-0.15, -0.1) is 0 Å². The zero-order chi connectivity index (χ0) is 22.5. The van der Waals surface area contributed by atoms with Crippen LogP contribution in [-0.2, 0) is 20.8 Å². The van der Waals surface area contributed by atoms with Crippen molar-refractivity contribution in [3.63, 3.8) is 0 Å². The molecule has 1 saturated carbocycles. The molecular weight excluding hydrogens is 414 g/mol. The molecular formula is C23H29N3O6. The van der Waals surface area contributed by atoms with Crippen molar-refractivity contribution in [3.8, 4) is 5.75 Å². The van der Waals surface area contributed by atoms with Crippen LogP contribution >= 0.6 is 0 Å². The average Bonchev–Trinajstić information content (AvgIpc) is 3.65. The molecule has 1 aromatic carbocycles. The van der Waals surface area contributed by atoms with E-state index >= 15 is 0 Å². The van der Waals surface area contributed by atoms with Crippen LogP contribution in [0.4, 0.5) is 4.79 Å². The van der Waals surface area contributed by atoms with Gasteiger partial charge in [-0.05, 0) is 25.0 Å². The molecule has 0 bridgehead atoms. The summed E-state index contributed by atoms with van der Waals surface area (Å²) in [6, 6.07) is 9.79. The van der Waals surface area contributed by atoms with Crippen LogP contribution < -0.4 is 4.74 Å². The summed E-state index contributed by atoms with van der Waals surface area (Å²) in [4.78, 5) is 32.4. The van der Waals surface area contributed by atoms with Gasteiger partial charge in [-0.1, -0.05) is 12.1 Å². The number of amides is 2. The first-order valence-corrected chi connectivity index (χ1v) is 11.0. The summed E-state index contributed by atoms with van der Waals surface area (Å²) in [6.07, 6.45) is 0.805. The molecule has 9 heteroatoms. The number of carboxylic acid groups (broad SMARTS) is 1. The molecule has 1 aromatic heterocycles. The second-order valence-electron chi connectivity index (χ2n) is 8.11. The quantitative estimate of drug-likeness (QED) is 0.594. The van der Waals surface area contributed by atoms with Crippen molar-refractivity contribution in [1.29, 1.82) is 0 Å². The Morgan fingerprint density at radius 1 is 1.28 bits per heavy atom. The van der Waals surface area contributed by atoms with Crippen molar-refractivity contribution in [2.24, 2.45) is 0 Å². The van der Waals surface area contributed by atoms with Crippen molar-refractivity contribution < 1.29 is 28.9 Å². The van der Waals surface area contributed by atoms with E-state index in [-0.39, 0.29) is 31.6 Å². The van der Waals surface area contributed by atoms with Crippen molar-refractivity contribution in [3.05, 3.63) is 36.0 Å². The van der Waals surface area contributed by atoms with Crippen LogP contribution in [0, 0.1) is 0 Å². The number of rotatable bonds is 9. The standard InChI is InChI=1S/C23H29N3O6/c1-30-10-4-11-31-20-13-16(24-19-6-3-2-5-18(19)20)14-26(17-7-8-17)22(27)21-15-25(23(28)29)9-12-32-21/h2-3,5-6,13,17,21H,4,7-12,14-15H2,1H3,(H,28,29)/t21-/m1/s1. The van der Waals surface area contributed by atoms with E-state index in [4.69, 9.17) is 19.2 Å². The maximum atomic E-state index is 13.3. The number of carbonyl (C=O) groups is 2. The van der Waals surface area contributed by atoms with E-state index in [0.29, 0.717) is 19.8 Å². The third kappa shape index (κ3) is 5.28. The molecule has 1 aliphatic carbocycles. The van der Waals surface area contributed by atoms with Crippen LogP contribution in [0.3, 0.4) is 0 Å². The predicted molar refractivity (Wildman–Crippen MR) is 117 cm³/mol. The van der Waals surface area contributed by atoms with Gasteiger partial charge in [0.2, 0.25) is 0 Å². The zero-order valence-electron chi connectivity index (χ0n) is 18.2. The summed E-state index contributed by atoms with van der Waals surface area (Å²) < 4.78 is 16.7. The van der Waals surface area contributed by atoms with Gasteiger partial charge in [0.25, 0.3) is 5.91 Å². The minimum absolute atomic E-state index is 0.0520. The zero-order valence-corrected chi connectivity index (χ0v) is 18.2. The molecule has 1 aliphatic heterocycles. The summed E-state index contributed by atoms with van der Waals surface area (Å²) in [5.41, 5.74) is 1.54. The average molecular weight is 444 g/mol. The van der Waals surface area contributed by atoms with Crippen molar-refractivity contribution >= 4 is 22.9 Å². The summed E-state index contributed by atoms with van der Waals surface area (Å²) in [6.45, 7) is 2.02. The highest BCUT2D eigenvalue weighted by Gasteiger charge is 2.39. The summed E-state index contributed by atoms with van der Waals surface area (Å²) in [5, 5.41) is 10.2. The Balaban J connectivity index is 1.53. The minimum atomic E-state index is -1.03. The number of benzene rings is 1. The Kier molecular flexibility index (Phi) is 7.06. The first kappa shape index (κ1) is 22.3. The highest BCUT2D eigenvalue weighted by Crippen LogP contribution is 2.31. The first-order valence-electron chi connectivity index (χ1n) is 11.0. The van der Waals surface area contributed by atoms with Crippen molar-refractivity contribution in [2.75, 3.05) is 40.0 Å². The first-order chi connectivity index (χ1) is 15.6. The predicted octanol–water partition coefficient (Wildman–Crippen LogP) is 2.52. The van der Waals surface area contributed by atoms with Crippen LogP contribution in [0.15, 0.2) is 30.3 Å². The van der Waals surface area contributed by atoms with E-state index in [1.54, 1.807) is 12.0 Å². The van der Waals surface area contributed by atoms with Gasteiger partial charge in [-0.25, -0.2) is 4.79 Å². The van der Waals surface area contributed by atoms with Gasteiger partial charge in [-0.3, -0.25) is 9.78 Å². The topological polar surface area (TPSA) is 101 Å². The number of hydrogen-bond donors (Lipinski definition) is 1. The normalized spacial score (nSPS) is 18.5. The van der Waals surface area contributed by atoms with E-state index in [9.17, 15) is 14.7 Å². The number of fused-ring (bicyclic) bond motifs is 1. The Hall–Kier alpha value is -2.91. The fourth-order valence-corrected chi connectivity index (χ4v) is 3.89. The maximum Gasteiger partial charge on any atom is 0.407 e. The minimum Gasteiger partial charge on any atom is -0.493 e. The number of pyridine rings is 1. The summed E-state index contributed by atoms with van der Waals surface area (Å²) in [5.74, 6) is 0.548. The summed E-state index contributed by atoms with van der Waals surface area (Å²) >= 11 is 0. The molecule has 2 aliphatic rings. The smallest absolute Gasteiger partial charge is 0.407 e. The fourth-order valence-electron chi connectivity index (χ4n) is 3.89. The third-order valence-electron chi connectivity index (χ3n) is 5.70. The molecule has 2 aromatic rings. The third-order valence-corrected chi connectivity index (χ3v) is 5.70. The highest BCUT2D eigenvalue weighted by molar-refractivity contribution is 5.86. The lowest BCUT2D eigenvalue weighted by Gasteiger charge is -2.33. The van der Waals surface area contributed by atoms with Crippen LogP contribution in [-0.4, -0.2) is 84.1 Å². The molecule has 0 spiro atoms. The molecule has 1 atom stereocenters. The van der Waals surface area contributed by atoms with Gasteiger partial charge < -0.3 is 29.1 Å². The number of hydrogen-bond acceptors (Lipinski definition) is 6. The number of morpholine rings is 1. The highest BCUT2D eigenvalue weighted by atomic mass is 16.5. The molecule has 4 rings (SSSR count). The largest absolute Gasteiger partial charge is 0.493 e. The van der Waals surface area contributed by atoms with Crippen LogP contribution in [0.5, 0.6) is 5.75 Å². The molecule has 2 heterocycles.